The fourth-order valence-corrected chi connectivity index (χ4v) is 2.12. The monoisotopic (exact) mass is 354 g/mol. The molecule has 0 aliphatic rings. The Bertz CT molecular complexity index is 745. The van der Waals surface area contributed by atoms with E-state index in [2.05, 4.69) is 21.3 Å². The van der Waals surface area contributed by atoms with Crippen LogP contribution in [0, 0.1) is 0 Å². The molecule has 0 atom stereocenters. The summed E-state index contributed by atoms with van der Waals surface area (Å²) in [4.78, 5) is 35.0. The van der Waals surface area contributed by atoms with Crippen LogP contribution in [0.5, 0.6) is 0 Å². The SMILES string of the molecule is CCC(=O)NCCNC(=O)c1ccc(NC(=O)Nc2ccccc2)cc1. The number of hydrogen-bond acceptors (Lipinski definition) is 3. The summed E-state index contributed by atoms with van der Waals surface area (Å²) >= 11 is 0. The Morgan fingerprint density at radius 1 is 0.769 bits per heavy atom. The Hall–Kier alpha value is -3.35. The smallest absolute Gasteiger partial charge is 0.323 e. The Morgan fingerprint density at radius 3 is 1.96 bits per heavy atom. The Balaban J connectivity index is 1.79. The summed E-state index contributed by atoms with van der Waals surface area (Å²) in [5.41, 5.74) is 1.74. The summed E-state index contributed by atoms with van der Waals surface area (Å²) in [6.45, 7) is 2.51. The van der Waals surface area contributed by atoms with E-state index in [-0.39, 0.29) is 17.8 Å². The average Bonchev–Trinajstić information content (AvgIpc) is 2.66. The van der Waals surface area contributed by atoms with E-state index in [1.54, 1.807) is 43.3 Å². The number of amides is 4. The molecule has 0 fully saturated rings. The van der Waals surface area contributed by atoms with Crippen LogP contribution in [0.3, 0.4) is 0 Å². The van der Waals surface area contributed by atoms with Gasteiger partial charge in [0.15, 0.2) is 0 Å². The van der Waals surface area contributed by atoms with Crippen molar-refractivity contribution >= 4 is 29.2 Å². The van der Waals surface area contributed by atoms with Crippen LogP contribution in [-0.4, -0.2) is 30.9 Å². The molecule has 0 aliphatic heterocycles. The number of urea groups is 1. The molecule has 0 bridgehead atoms. The molecule has 0 saturated carbocycles. The van der Waals surface area contributed by atoms with Crippen LogP contribution >= 0.6 is 0 Å². The highest BCUT2D eigenvalue weighted by atomic mass is 16.2. The van der Waals surface area contributed by atoms with Crippen LogP contribution in [0.25, 0.3) is 0 Å². The summed E-state index contributed by atoms with van der Waals surface area (Å²) in [5, 5.41) is 10.8. The molecule has 4 N–H and O–H groups in total. The standard InChI is InChI=1S/C19H22N4O3/c1-2-17(24)20-12-13-21-18(25)14-8-10-16(11-9-14)23-19(26)22-15-6-4-3-5-7-15/h3-11H,2,12-13H2,1H3,(H,20,24)(H,21,25)(H2,22,23,26). The van der Waals surface area contributed by atoms with Gasteiger partial charge in [-0.25, -0.2) is 4.79 Å². The van der Waals surface area contributed by atoms with Crippen molar-refractivity contribution in [3.05, 3.63) is 60.2 Å². The maximum Gasteiger partial charge on any atom is 0.323 e. The molecule has 0 heterocycles. The molecule has 0 aromatic heterocycles. The van der Waals surface area contributed by atoms with E-state index in [4.69, 9.17) is 0 Å². The molecule has 4 amide bonds. The molecule has 0 unspecified atom stereocenters. The zero-order chi connectivity index (χ0) is 18.8. The van der Waals surface area contributed by atoms with Crippen molar-refractivity contribution in [1.29, 1.82) is 0 Å². The second-order valence-corrected chi connectivity index (χ2v) is 5.48. The first-order valence-electron chi connectivity index (χ1n) is 8.36. The number of benzene rings is 2. The number of para-hydroxylation sites is 1. The van der Waals surface area contributed by atoms with Gasteiger partial charge >= 0.3 is 6.03 Å². The van der Waals surface area contributed by atoms with Gasteiger partial charge in [-0.1, -0.05) is 25.1 Å². The first-order valence-corrected chi connectivity index (χ1v) is 8.36. The van der Waals surface area contributed by atoms with Crippen molar-refractivity contribution < 1.29 is 14.4 Å². The van der Waals surface area contributed by atoms with E-state index < -0.39 is 0 Å². The number of rotatable bonds is 7. The van der Waals surface area contributed by atoms with Crippen LogP contribution in [0.2, 0.25) is 0 Å². The van der Waals surface area contributed by atoms with Gasteiger partial charge in [-0.05, 0) is 36.4 Å². The minimum Gasteiger partial charge on any atom is -0.354 e. The maximum absolute atomic E-state index is 12.0. The molecule has 0 saturated heterocycles. The first-order chi connectivity index (χ1) is 12.6. The largest absolute Gasteiger partial charge is 0.354 e. The highest BCUT2D eigenvalue weighted by Gasteiger charge is 2.07. The molecule has 26 heavy (non-hydrogen) atoms. The Morgan fingerprint density at radius 2 is 1.35 bits per heavy atom. The third-order valence-corrected chi connectivity index (χ3v) is 3.49. The quantitative estimate of drug-likeness (QED) is 0.575. The predicted octanol–water partition coefficient (Wildman–Crippen LogP) is 2.59. The first kappa shape index (κ1) is 19.0. The second kappa shape index (κ2) is 9.83. The molecule has 0 aliphatic carbocycles. The van der Waals surface area contributed by atoms with Crippen LogP contribution in [0.1, 0.15) is 23.7 Å². The molecule has 2 aromatic rings. The van der Waals surface area contributed by atoms with Crippen molar-refractivity contribution in [3.8, 4) is 0 Å². The molecule has 2 rings (SSSR count). The van der Waals surface area contributed by atoms with Gasteiger partial charge in [-0.2, -0.15) is 0 Å². The zero-order valence-electron chi connectivity index (χ0n) is 14.5. The predicted molar refractivity (Wildman–Crippen MR) is 101 cm³/mol. The van der Waals surface area contributed by atoms with Gasteiger partial charge < -0.3 is 21.3 Å². The summed E-state index contributed by atoms with van der Waals surface area (Å²) < 4.78 is 0. The number of nitrogens with one attached hydrogen (secondary N) is 4. The molecule has 0 spiro atoms. The zero-order valence-corrected chi connectivity index (χ0v) is 14.5. The third-order valence-electron chi connectivity index (χ3n) is 3.49. The number of anilines is 2. The highest BCUT2D eigenvalue weighted by molar-refractivity contribution is 6.00. The van der Waals surface area contributed by atoms with Gasteiger partial charge in [0, 0.05) is 36.4 Å². The third kappa shape index (κ3) is 6.27. The van der Waals surface area contributed by atoms with Gasteiger partial charge in [0.25, 0.3) is 5.91 Å². The average molecular weight is 354 g/mol. The lowest BCUT2D eigenvalue weighted by molar-refractivity contribution is -0.120. The number of hydrogen-bond donors (Lipinski definition) is 4. The second-order valence-electron chi connectivity index (χ2n) is 5.48. The molecular formula is C19H22N4O3. The maximum atomic E-state index is 12.0. The van der Waals surface area contributed by atoms with E-state index in [0.717, 1.165) is 0 Å². The van der Waals surface area contributed by atoms with E-state index in [1.807, 2.05) is 18.2 Å². The molecule has 2 aromatic carbocycles. The number of carbonyl (C=O) groups excluding carboxylic acids is 3. The normalized spacial score (nSPS) is 9.88. The molecule has 136 valence electrons. The van der Waals surface area contributed by atoms with Crippen molar-refractivity contribution in [2.75, 3.05) is 23.7 Å². The van der Waals surface area contributed by atoms with E-state index in [0.29, 0.717) is 36.4 Å². The van der Waals surface area contributed by atoms with E-state index in [9.17, 15) is 14.4 Å². The highest BCUT2D eigenvalue weighted by Crippen LogP contribution is 2.11. The lowest BCUT2D eigenvalue weighted by atomic mass is 10.2. The summed E-state index contributed by atoms with van der Waals surface area (Å²) in [7, 11) is 0. The molecule has 0 radical (unpaired) electrons. The van der Waals surface area contributed by atoms with Crippen LogP contribution < -0.4 is 21.3 Å². The van der Waals surface area contributed by atoms with Gasteiger partial charge in [0.1, 0.15) is 0 Å². The minimum absolute atomic E-state index is 0.0524. The fraction of sp³-hybridized carbons (Fsp3) is 0.211. The molecule has 7 heteroatoms. The Kier molecular flexibility index (Phi) is 7.17. The van der Waals surface area contributed by atoms with Gasteiger partial charge in [0.2, 0.25) is 5.91 Å². The van der Waals surface area contributed by atoms with E-state index in [1.165, 1.54) is 0 Å². The fourth-order valence-electron chi connectivity index (χ4n) is 2.12. The van der Waals surface area contributed by atoms with Crippen molar-refractivity contribution in [3.63, 3.8) is 0 Å². The summed E-state index contributed by atoms with van der Waals surface area (Å²) in [5.74, 6) is -0.292. The molecular weight excluding hydrogens is 332 g/mol. The van der Waals surface area contributed by atoms with Crippen molar-refractivity contribution in [2.45, 2.75) is 13.3 Å². The minimum atomic E-state index is -0.361. The van der Waals surface area contributed by atoms with Gasteiger partial charge in [0.05, 0.1) is 0 Å². The summed E-state index contributed by atoms with van der Waals surface area (Å²) in [6, 6.07) is 15.3. The molecule has 7 nitrogen and oxygen atoms in total. The van der Waals surface area contributed by atoms with Crippen LogP contribution in [0.15, 0.2) is 54.6 Å². The van der Waals surface area contributed by atoms with Crippen molar-refractivity contribution in [2.24, 2.45) is 0 Å². The van der Waals surface area contributed by atoms with Gasteiger partial charge in [-0.3, -0.25) is 9.59 Å². The van der Waals surface area contributed by atoms with Crippen molar-refractivity contribution in [1.82, 2.24) is 10.6 Å². The lowest BCUT2D eigenvalue weighted by Gasteiger charge is -2.09. The lowest BCUT2D eigenvalue weighted by Crippen LogP contribution is -2.34. The van der Waals surface area contributed by atoms with E-state index >= 15 is 0 Å². The topological polar surface area (TPSA) is 99.3 Å². The summed E-state index contributed by atoms with van der Waals surface area (Å²) in [6.07, 6.45) is 0.417. The van der Waals surface area contributed by atoms with Gasteiger partial charge in [-0.15, -0.1) is 0 Å². The van der Waals surface area contributed by atoms with Crippen LogP contribution in [0.4, 0.5) is 16.2 Å². The van der Waals surface area contributed by atoms with Crippen LogP contribution in [-0.2, 0) is 4.79 Å². The Labute approximate surface area is 152 Å². The number of carbonyl (C=O) groups is 3.